The van der Waals surface area contributed by atoms with E-state index in [1.807, 2.05) is 0 Å². The predicted octanol–water partition coefficient (Wildman–Crippen LogP) is 0.524. The first-order valence-corrected chi connectivity index (χ1v) is 5.25. The fourth-order valence-electron chi connectivity index (χ4n) is 1.77. The molecule has 1 aromatic rings. The van der Waals surface area contributed by atoms with Crippen molar-refractivity contribution in [2.75, 3.05) is 0 Å². The number of nitrogens with one attached hydrogen (secondary N) is 1. The average Bonchev–Trinajstić information content (AvgIpc) is 2.23. The fourth-order valence-corrected chi connectivity index (χ4v) is 1.77. The van der Waals surface area contributed by atoms with Gasteiger partial charge in [0.2, 0.25) is 0 Å². The number of rotatable bonds is 3. The third-order valence-corrected chi connectivity index (χ3v) is 2.97. The Labute approximate surface area is 97.3 Å². The number of carbonyl (C=O) groups excluding carboxylic acids is 1. The number of aliphatic carboxylic acids is 1. The molecule has 1 heterocycles. The second-order valence-corrected chi connectivity index (χ2v) is 4.07. The minimum absolute atomic E-state index is 0.153. The molecule has 0 bridgehead atoms. The number of carboxylic acid groups (broad SMARTS) is 1. The number of aromatic hydroxyl groups is 1. The summed E-state index contributed by atoms with van der Waals surface area (Å²) in [6.45, 7) is 0. The van der Waals surface area contributed by atoms with E-state index in [-0.39, 0.29) is 11.4 Å². The number of aromatic nitrogens is 1. The maximum absolute atomic E-state index is 11.8. The second kappa shape index (κ2) is 4.04. The van der Waals surface area contributed by atoms with Crippen LogP contribution in [0, 0.1) is 0 Å². The van der Waals surface area contributed by atoms with Crippen LogP contribution in [0.4, 0.5) is 0 Å². The lowest BCUT2D eigenvalue weighted by atomic mass is 9.76. The minimum Gasteiger partial charge on any atom is -0.505 e. The lowest BCUT2D eigenvalue weighted by Crippen LogP contribution is -2.59. The predicted molar refractivity (Wildman–Crippen MR) is 57.6 cm³/mol. The van der Waals surface area contributed by atoms with Gasteiger partial charge in [-0.1, -0.05) is 0 Å². The normalized spacial score (nSPS) is 16.9. The van der Waals surface area contributed by atoms with Crippen molar-refractivity contribution in [1.29, 1.82) is 0 Å². The fraction of sp³-hybridized carbons (Fsp3) is 0.364. The number of pyridine rings is 1. The SMILES string of the molecule is O=C(NC1(C(=O)O)CCC1)c1ncccc1O. The summed E-state index contributed by atoms with van der Waals surface area (Å²) in [5.41, 5.74) is -1.35. The molecule has 0 unspecified atom stereocenters. The summed E-state index contributed by atoms with van der Waals surface area (Å²) in [4.78, 5) is 26.6. The zero-order valence-corrected chi connectivity index (χ0v) is 9.01. The van der Waals surface area contributed by atoms with Gasteiger partial charge in [-0.25, -0.2) is 9.78 Å². The Bertz CT molecular complexity index is 468. The Morgan fingerprint density at radius 2 is 2.12 bits per heavy atom. The first-order chi connectivity index (χ1) is 8.05. The molecule has 0 spiro atoms. The molecule has 0 saturated heterocycles. The van der Waals surface area contributed by atoms with E-state index >= 15 is 0 Å². The van der Waals surface area contributed by atoms with Crippen molar-refractivity contribution < 1.29 is 19.8 Å². The topological polar surface area (TPSA) is 99.5 Å². The number of carbonyl (C=O) groups is 2. The van der Waals surface area contributed by atoms with Crippen LogP contribution in [0.25, 0.3) is 0 Å². The Kier molecular flexibility index (Phi) is 2.71. The number of carboxylic acids is 1. The van der Waals surface area contributed by atoms with E-state index in [2.05, 4.69) is 10.3 Å². The molecule has 2 rings (SSSR count). The van der Waals surface area contributed by atoms with Gasteiger partial charge in [-0.3, -0.25) is 4.79 Å². The van der Waals surface area contributed by atoms with Crippen LogP contribution in [0.2, 0.25) is 0 Å². The van der Waals surface area contributed by atoms with E-state index in [4.69, 9.17) is 5.11 Å². The lowest BCUT2D eigenvalue weighted by Gasteiger charge is -2.38. The average molecular weight is 236 g/mol. The van der Waals surface area contributed by atoms with Gasteiger partial charge in [-0.2, -0.15) is 0 Å². The van der Waals surface area contributed by atoms with Crippen molar-refractivity contribution in [3.05, 3.63) is 24.0 Å². The summed E-state index contributed by atoms with van der Waals surface area (Å²) in [6, 6.07) is 2.82. The zero-order chi connectivity index (χ0) is 12.5. The number of nitrogens with zero attached hydrogens (tertiary/aromatic N) is 1. The van der Waals surface area contributed by atoms with E-state index in [9.17, 15) is 14.7 Å². The van der Waals surface area contributed by atoms with E-state index in [0.717, 1.165) is 6.42 Å². The van der Waals surface area contributed by atoms with Crippen molar-refractivity contribution in [3.63, 3.8) is 0 Å². The highest BCUT2D eigenvalue weighted by atomic mass is 16.4. The van der Waals surface area contributed by atoms with Gasteiger partial charge in [0.25, 0.3) is 5.91 Å². The maximum Gasteiger partial charge on any atom is 0.329 e. The molecule has 6 nitrogen and oxygen atoms in total. The Morgan fingerprint density at radius 3 is 2.59 bits per heavy atom. The summed E-state index contributed by atoms with van der Waals surface area (Å²) in [7, 11) is 0. The van der Waals surface area contributed by atoms with E-state index < -0.39 is 17.4 Å². The van der Waals surface area contributed by atoms with Gasteiger partial charge in [-0.05, 0) is 31.4 Å². The third-order valence-electron chi connectivity index (χ3n) is 2.97. The van der Waals surface area contributed by atoms with E-state index in [1.165, 1.54) is 18.3 Å². The zero-order valence-electron chi connectivity index (χ0n) is 9.01. The summed E-state index contributed by atoms with van der Waals surface area (Å²) < 4.78 is 0. The highest BCUT2D eigenvalue weighted by Gasteiger charge is 2.46. The highest BCUT2D eigenvalue weighted by molar-refractivity contribution is 5.98. The molecule has 1 fully saturated rings. The molecule has 1 saturated carbocycles. The number of hydrogen-bond acceptors (Lipinski definition) is 4. The molecule has 1 aliphatic carbocycles. The van der Waals surface area contributed by atoms with Crippen LogP contribution in [0.1, 0.15) is 29.8 Å². The summed E-state index contributed by atoms with van der Waals surface area (Å²) in [5, 5.41) is 20.9. The monoisotopic (exact) mass is 236 g/mol. The molecule has 1 aromatic heterocycles. The van der Waals surface area contributed by atoms with E-state index in [1.54, 1.807) is 0 Å². The van der Waals surface area contributed by atoms with Gasteiger partial charge in [0.1, 0.15) is 11.3 Å². The lowest BCUT2D eigenvalue weighted by molar-refractivity contribution is -0.148. The van der Waals surface area contributed by atoms with Gasteiger partial charge < -0.3 is 15.5 Å². The molecule has 1 aliphatic rings. The maximum atomic E-state index is 11.8. The second-order valence-electron chi connectivity index (χ2n) is 4.07. The van der Waals surface area contributed by atoms with Crippen LogP contribution in [0.15, 0.2) is 18.3 Å². The molecule has 0 radical (unpaired) electrons. The van der Waals surface area contributed by atoms with Gasteiger partial charge in [0.15, 0.2) is 5.69 Å². The largest absolute Gasteiger partial charge is 0.505 e. The van der Waals surface area contributed by atoms with Crippen LogP contribution in [-0.2, 0) is 4.79 Å². The summed E-state index contributed by atoms with van der Waals surface area (Å²) >= 11 is 0. The smallest absolute Gasteiger partial charge is 0.329 e. The quantitative estimate of drug-likeness (QED) is 0.710. The molecular formula is C11H12N2O4. The molecule has 90 valence electrons. The molecule has 0 aliphatic heterocycles. The number of hydrogen-bond donors (Lipinski definition) is 3. The van der Waals surface area contributed by atoms with Gasteiger partial charge in [-0.15, -0.1) is 0 Å². The van der Waals surface area contributed by atoms with Crippen LogP contribution in [0.5, 0.6) is 5.75 Å². The Morgan fingerprint density at radius 1 is 1.41 bits per heavy atom. The standard InChI is InChI=1S/C11H12N2O4/c14-7-3-1-6-12-8(7)9(15)13-11(10(16)17)4-2-5-11/h1,3,6,14H,2,4-5H2,(H,13,15)(H,16,17). The van der Waals surface area contributed by atoms with Crippen molar-refractivity contribution in [2.45, 2.75) is 24.8 Å². The van der Waals surface area contributed by atoms with E-state index in [0.29, 0.717) is 12.8 Å². The molecular weight excluding hydrogens is 224 g/mol. The van der Waals surface area contributed by atoms with Crippen molar-refractivity contribution in [3.8, 4) is 5.75 Å². The van der Waals surface area contributed by atoms with Gasteiger partial charge in [0.05, 0.1) is 0 Å². The van der Waals surface area contributed by atoms with Crippen molar-refractivity contribution in [1.82, 2.24) is 10.3 Å². The molecule has 3 N–H and O–H groups in total. The highest BCUT2D eigenvalue weighted by Crippen LogP contribution is 2.32. The molecule has 17 heavy (non-hydrogen) atoms. The van der Waals surface area contributed by atoms with Crippen molar-refractivity contribution >= 4 is 11.9 Å². The van der Waals surface area contributed by atoms with Gasteiger partial charge >= 0.3 is 5.97 Å². The molecule has 6 heteroatoms. The molecule has 0 atom stereocenters. The summed E-state index contributed by atoms with van der Waals surface area (Å²) in [5.74, 6) is -1.97. The molecule has 0 aromatic carbocycles. The summed E-state index contributed by atoms with van der Waals surface area (Å²) in [6.07, 6.45) is 2.94. The van der Waals surface area contributed by atoms with Crippen LogP contribution in [-0.4, -0.2) is 32.6 Å². The number of amides is 1. The van der Waals surface area contributed by atoms with Crippen molar-refractivity contribution in [2.24, 2.45) is 0 Å². The Hall–Kier alpha value is -2.11. The Balaban J connectivity index is 2.17. The first-order valence-electron chi connectivity index (χ1n) is 5.25. The van der Waals surface area contributed by atoms with Crippen LogP contribution < -0.4 is 5.32 Å². The van der Waals surface area contributed by atoms with Crippen LogP contribution >= 0.6 is 0 Å². The van der Waals surface area contributed by atoms with Crippen LogP contribution in [0.3, 0.4) is 0 Å². The minimum atomic E-state index is -1.19. The first kappa shape index (κ1) is 11.4. The third kappa shape index (κ3) is 1.93. The van der Waals surface area contributed by atoms with Gasteiger partial charge in [0, 0.05) is 6.20 Å². The molecule has 1 amide bonds.